The van der Waals surface area contributed by atoms with Crippen LogP contribution in [0.1, 0.15) is 5.56 Å². The zero-order valence-electron chi connectivity index (χ0n) is 16.6. The molecule has 2 rings (SSSR count). The summed E-state index contributed by atoms with van der Waals surface area (Å²) in [6.45, 7) is 2.61. The maximum atomic E-state index is 12.8. The Morgan fingerprint density at radius 1 is 0.857 bits per heavy atom. The van der Waals surface area contributed by atoms with Crippen LogP contribution in [0.5, 0.6) is 23.0 Å². The maximum absolute atomic E-state index is 12.8. The van der Waals surface area contributed by atoms with Crippen LogP contribution >= 0.6 is 0 Å². The van der Waals surface area contributed by atoms with Crippen molar-refractivity contribution >= 4 is 15.7 Å². The van der Waals surface area contributed by atoms with Crippen LogP contribution in [-0.4, -0.2) is 50.1 Å². The van der Waals surface area contributed by atoms with Crippen molar-refractivity contribution in [3.63, 3.8) is 0 Å². The first-order valence-corrected chi connectivity index (χ1v) is 9.89. The van der Waals surface area contributed by atoms with Crippen molar-refractivity contribution in [3.05, 3.63) is 35.9 Å². The van der Waals surface area contributed by atoms with Crippen LogP contribution < -0.4 is 23.7 Å². The molecule has 0 fully saturated rings. The van der Waals surface area contributed by atoms with Crippen LogP contribution in [0.3, 0.4) is 0 Å². The lowest BCUT2D eigenvalue weighted by Crippen LogP contribution is -2.14. The number of aryl methyl sites for hydroxylation is 1. The Labute approximate surface area is 165 Å². The highest BCUT2D eigenvalue weighted by molar-refractivity contribution is 7.92. The van der Waals surface area contributed by atoms with Crippen molar-refractivity contribution in [1.29, 1.82) is 0 Å². The first kappa shape index (κ1) is 21.6. The van der Waals surface area contributed by atoms with Crippen LogP contribution in [0.15, 0.2) is 35.2 Å². The second-order valence-corrected chi connectivity index (χ2v) is 7.47. The zero-order valence-corrected chi connectivity index (χ0v) is 17.4. The molecule has 8 nitrogen and oxygen atoms in total. The van der Waals surface area contributed by atoms with Gasteiger partial charge in [0, 0.05) is 19.2 Å². The predicted molar refractivity (Wildman–Crippen MR) is 105 cm³/mol. The third kappa shape index (κ3) is 4.99. The van der Waals surface area contributed by atoms with Crippen molar-refractivity contribution in [2.24, 2.45) is 0 Å². The number of benzene rings is 2. The Hall–Kier alpha value is -2.65. The molecule has 2 aromatic rings. The van der Waals surface area contributed by atoms with Gasteiger partial charge in [-0.2, -0.15) is 0 Å². The van der Waals surface area contributed by atoms with E-state index in [1.165, 1.54) is 39.5 Å². The second-order valence-electron chi connectivity index (χ2n) is 5.79. The molecule has 28 heavy (non-hydrogen) atoms. The van der Waals surface area contributed by atoms with E-state index in [0.717, 1.165) is 0 Å². The predicted octanol–water partition coefficient (Wildman–Crippen LogP) is 2.85. The fourth-order valence-electron chi connectivity index (χ4n) is 2.54. The topological polar surface area (TPSA) is 92.3 Å². The summed E-state index contributed by atoms with van der Waals surface area (Å²) in [7, 11) is 2.15. The van der Waals surface area contributed by atoms with Crippen LogP contribution in [-0.2, 0) is 14.8 Å². The van der Waals surface area contributed by atoms with E-state index in [1.807, 2.05) is 0 Å². The van der Waals surface area contributed by atoms with Gasteiger partial charge in [0.15, 0.2) is 11.5 Å². The summed E-state index contributed by atoms with van der Waals surface area (Å²) >= 11 is 0. The molecule has 9 heteroatoms. The molecule has 2 aromatic carbocycles. The van der Waals surface area contributed by atoms with Crippen molar-refractivity contribution in [3.8, 4) is 23.0 Å². The van der Waals surface area contributed by atoms with Gasteiger partial charge in [-0.15, -0.1) is 0 Å². The summed E-state index contributed by atoms with van der Waals surface area (Å²) in [5, 5.41) is 0. The summed E-state index contributed by atoms with van der Waals surface area (Å²) in [4.78, 5) is 0.109. The molecule has 0 aliphatic heterocycles. The third-order valence-corrected chi connectivity index (χ3v) is 5.30. The van der Waals surface area contributed by atoms with Crippen molar-refractivity contribution in [1.82, 2.24) is 0 Å². The van der Waals surface area contributed by atoms with Gasteiger partial charge in [-0.25, -0.2) is 8.42 Å². The Balaban J connectivity index is 2.29. The van der Waals surface area contributed by atoms with Gasteiger partial charge in [0.25, 0.3) is 10.0 Å². The maximum Gasteiger partial charge on any atom is 0.261 e. The molecule has 154 valence electrons. The smallest absolute Gasteiger partial charge is 0.261 e. The lowest BCUT2D eigenvalue weighted by molar-refractivity contribution is 0.146. The van der Waals surface area contributed by atoms with Crippen LogP contribution in [0.25, 0.3) is 0 Å². The van der Waals surface area contributed by atoms with E-state index in [4.69, 9.17) is 23.7 Å². The number of ether oxygens (including phenoxy) is 5. The van der Waals surface area contributed by atoms with E-state index < -0.39 is 10.0 Å². The Morgan fingerprint density at radius 2 is 1.50 bits per heavy atom. The van der Waals surface area contributed by atoms with Gasteiger partial charge >= 0.3 is 0 Å². The van der Waals surface area contributed by atoms with Crippen LogP contribution in [0.4, 0.5) is 5.69 Å². The summed E-state index contributed by atoms with van der Waals surface area (Å²) in [5.74, 6) is 1.67. The monoisotopic (exact) mass is 411 g/mol. The summed E-state index contributed by atoms with van der Waals surface area (Å²) in [6.07, 6.45) is 0. The normalized spacial score (nSPS) is 11.0. The molecular weight excluding hydrogens is 386 g/mol. The highest BCUT2D eigenvalue weighted by atomic mass is 32.2. The molecule has 0 bridgehead atoms. The molecule has 0 radical (unpaired) electrons. The van der Waals surface area contributed by atoms with Gasteiger partial charge in [0.1, 0.15) is 12.4 Å². The number of sulfonamides is 1. The average molecular weight is 411 g/mol. The Kier molecular flexibility index (Phi) is 7.36. The molecule has 0 spiro atoms. The molecular formula is C19H25NO7S. The first-order valence-electron chi connectivity index (χ1n) is 8.41. The minimum absolute atomic E-state index is 0.109. The van der Waals surface area contributed by atoms with Crippen LogP contribution in [0.2, 0.25) is 0 Å². The Morgan fingerprint density at radius 3 is 2.00 bits per heavy atom. The van der Waals surface area contributed by atoms with Gasteiger partial charge in [-0.1, -0.05) is 0 Å². The number of hydrogen-bond acceptors (Lipinski definition) is 7. The molecule has 0 aliphatic rings. The molecule has 0 saturated heterocycles. The van der Waals surface area contributed by atoms with Crippen molar-refractivity contribution in [2.75, 3.05) is 46.4 Å². The molecule has 0 saturated carbocycles. The number of methoxy groups -OCH3 is 4. The zero-order chi connectivity index (χ0) is 20.7. The lowest BCUT2D eigenvalue weighted by Gasteiger charge is -2.16. The number of nitrogens with one attached hydrogen (secondary N) is 1. The summed E-state index contributed by atoms with van der Waals surface area (Å²) in [6, 6.07) is 7.69. The van der Waals surface area contributed by atoms with E-state index >= 15 is 0 Å². The third-order valence-electron chi connectivity index (χ3n) is 3.92. The minimum atomic E-state index is -3.83. The van der Waals surface area contributed by atoms with Crippen molar-refractivity contribution in [2.45, 2.75) is 11.8 Å². The highest BCUT2D eigenvalue weighted by Crippen LogP contribution is 2.40. The second kappa shape index (κ2) is 9.52. The molecule has 0 amide bonds. The SMILES string of the molecule is COCCOc1ccc(S(=O)(=O)Nc2cc(OC)c(OC)c(OC)c2)cc1C. The Bertz CT molecular complexity index is 887. The number of rotatable bonds is 10. The molecule has 0 atom stereocenters. The fourth-order valence-corrected chi connectivity index (χ4v) is 3.67. The minimum Gasteiger partial charge on any atom is -0.493 e. The lowest BCUT2D eigenvalue weighted by atomic mass is 10.2. The van der Waals surface area contributed by atoms with Crippen LogP contribution in [0, 0.1) is 6.92 Å². The standard InChI is InChI=1S/C19H25NO7S/c1-13-10-15(6-7-16(13)27-9-8-23-2)28(21,22)20-14-11-17(24-3)19(26-5)18(12-14)25-4/h6-7,10-12,20H,8-9H2,1-5H3. The van der Waals surface area contributed by atoms with Gasteiger partial charge in [0.05, 0.1) is 38.5 Å². The van der Waals surface area contributed by atoms with E-state index in [1.54, 1.807) is 26.2 Å². The van der Waals surface area contributed by atoms with E-state index in [0.29, 0.717) is 41.8 Å². The van der Waals surface area contributed by atoms with E-state index in [-0.39, 0.29) is 10.6 Å². The van der Waals surface area contributed by atoms with Gasteiger partial charge in [-0.05, 0) is 30.7 Å². The van der Waals surface area contributed by atoms with Gasteiger partial charge < -0.3 is 23.7 Å². The van der Waals surface area contributed by atoms with E-state index in [2.05, 4.69) is 4.72 Å². The summed E-state index contributed by atoms with van der Waals surface area (Å²) in [5.41, 5.74) is 0.983. The van der Waals surface area contributed by atoms with E-state index in [9.17, 15) is 8.42 Å². The highest BCUT2D eigenvalue weighted by Gasteiger charge is 2.19. The largest absolute Gasteiger partial charge is 0.493 e. The van der Waals surface area contributed by atoms with Crippen molar-refractivity contribution < 1.29 is 32.1 Å². The fraction of sp³-hybridized carbons (Fsp3) is 0.368. The molecule has 0 aromatic heterocycles. The average Bonchev–Trinajstić information content (AvgIpc) is 2.68. The number of hydrogen-bond donors (Lipinski definition) is 1. The number of anilines is 1. The van der Waals surface area contributed by atoms with Gasteiger partial charge in [-0.3, -0.25) is 4.72 Å². The molecule has 0 heterocycles. The molecule has 0 unspecified atom stereocenters. The quantitative estimate of drug-likeness (QED) is 0.601. The molecule has 0 aliphatic carbocycles. The first-order chi connectivity index (χ1) is 13.4. The molecule has 1 N–H and O–H groups in total. The van der Waals surface area contributed by atoms with Gasteiger partial charge in [0.2, 0.25) is 5.75 Å². The summed E-state index contributed by atoms with van der Waals surface area (Å²) < 4.78 is 54.4.